The largest absolute Gasteiger partial charge is 0.271 e. The summed E-state index contributed by atoms with van der Waals surface area (Å²) in [5.74, 6) is 4.99. The van der Waals surface area contributed by atoms with Crippen molar-refractivity contribution >= 4 is 0 Å². The van der Waals surface area contributed by atoms with Crippen molar-refractivity contribution in [3.8, 4) is 6.07 Å². The van der Waals surface area contributed by atoms with Crippen LogP contribution >= 0.6 is 0 Å². The van der Waals surface area contributed by atoms with Crippen LogP contribution in [-0.2, 0) is 0 Å². The summed E-state index contributed by atoms with van der Waals surface area (Å²) >= 11 is 0. The summed E-state index contributed by atoms with van der Waals surface area (Å²) in [5.41, 5.74) is 2.10. The van der Waals surface area contributed by atoms with Crippen molar-refractivity contribution in [2.45, 2.75) is 13.8 Å². The molecule has 0 saturated carbocycles. The molecule has 0 amide bonds. The van der Waals surface area contributed by atoms with Crippen LogP contribution in [0.1, 0.15) is 13.8 Å². The van der Waals surface area contributed by atoms with Crippen molar-refractivity contribution < 1.29 is 0 Å². The second-order valence-corrected chi connectivity index (χ2v) is 2.38. The topological polar surface area (TPSA) is 61.8 Å². The van der Waals surface area contributed by atoms with Crippen LogP contribution in [0, 0.1) is 16.7 Å². The van der Waals surface area contributed by atoms with Crippen molar-refractivity contribution in [2.24, 2.45) is 11.3 Å². The van der Waals surface area contributed by atoms with Crippen LogP contribution in [0.15, 0.2) is 0 Å². The standard InChI is InChI=1S/C5H11N3/c1-5(2,3-6)4-8-7/h8H,4,7H2,1-2H3. The Morgan fingerprint density at radius 2 is 2.25 bits per heavy atom. The van der Waals surface area contributed by atoms with E-state index in [0.717, 1.165) is 0 Å². The average Bonchev–Trinajstić information content (AvgIpc) is 1.67. The van der Waals surface area contributed by atoms with Gasteiger partial charge in [-0.3, -0.25) is 11.3 Å². The summed E-state index contributed by atoms with van der Waals surface area (Å²) in [5, 5.41) is 8.38. The Hall–Kier alpha value is -0.590. The van der Waals surface area contributed by atoms with Crippen LogP contribution < -0.4 is 11.3 Å². The number of rotatable bonds is 2. The molecule has 0 rings (SSSR count). The first-order valence-electron chi connectivity index (χ1n) is 2.47. The zero-order valence-electron chi connectivity index (χ0n) is 5.23. The fourth-order valence-electron chi connectivity index (χ4n) is 0.295. The molecule has 0 atom stereocenters. The maximum Gasteiger partial charge on any atom is 0.0697 e. The number of nitrogens with two attached hydrogens (primary N) is 1. The van der Waals surface area contributed by atoms with E-state index in [1.54, 1.807) is 0 Å². The number of nitriles is 1. The van der Waals surface area contributed by atoms with Crippen LogP contribution in [0.25, 0.3) is 0 Å². The molecule has 0 fully saturated rings. The first-order valence-corrected chi connectivity index (χ1v) is 2.47. The van der Waals surface area contributed by atoms with Gasteiger partial charge in [0, 0.05) is 6.54 Å². The van der Waals surface area contributed by atoms with Gasteiger partial charge in [0.2, 0.25) is 0 Å². The van der Waals surface area contributed by atoms with Crippen molar-refractivity contribution in [1.82, 2.24) is 5.43 Å². The van der Waals surface area contributed by atoms with E-state index in [0.29, 0.717) is 6.54 Å². The zero-order valence-corrected chi connectivity index (χ0v) is 5.23. The molecule has 0 aromatic carbocycles. The highest BCUT2D eigenvalue weighted by atomic mass is 15.2. The molecular formula is C5H11N3. The van der Waals surface area contributed by atoms with Crippen molar-refractivity contribution in [2.75, 3.05) is 6.54 Å². The number of hydrazine groups is 1. The van der Waals surface area contributed by atoms with Gasteiger partial charge in [0.15, 0.2) is 0 Å². The molecular weight excluding hydrogens is 102 g/mol. The van der Waals surface area contributed by atoms with E-state index in [9.17, 15) is 0 Å². The average molecular weight is 113 g/mol. The third kappa shape index (κ3) is 2.56. The molecule has 0 aromatic rings. The highest BCUT2D eigenvalue weighted by Crippen LogP contribution is 2.09. The molecule has 0 aromatic heterocycles. The normalized spacial score (nSPS) is 10.8. The highest BCUT2D eigenvalue weighted by molar-refractivity contribution is 4.92. The van der Waals surface area contributed by atoms with E-state index in [1.165, 1.54) is 0 Å². The van der Waals surface area contributed by atoms with Gasteiger partial charge >= 0.3 is 0 Å². The fourth-order valence-corrected chi connectivity index (χ4v) is 0.295. The van der Waals surface area contributed by atoms with Gasteiger partial charge in [0.25, 0.3) is 0 Å². The van der Waals surface area contributed by atoms with Crippen LogP contribution in [0.3, 0.4) is 0 Å². The summed E-state index contributed by atoms with van der Waals surface area (Å²) in [4.78, 5) is 0. The molecule has 3 N–H and O–H groups in total. The molecule has 0 aliphatic rings. The minimum atomic E-state index is -0.339. The lowest BCUT2D eigenvalue weighted by molar-refractivity contribution is 0.453. The Bertz CT molecular complexity index is 101. The van der Waals surface area contributed by atoms with Gasteiger partial charge in [0.1, 0.15) is 0 Å². The summed E-state index contributed by atoms with van der Waals surface area (Å²) in [7, 11) is 0. The Balaban J connectivity index is 3.59. The summed E-state index contributed by atoms with van der Waals surface area (Å²) in [6.07, 6.45) is 0. The molecule has 46 valence electrons. The van der Waals surface area contributed by atoms with Crippen LogP contribution in [0.4, 0.5) is 0 Å². The van der Waals surface area contributed by atoms with Gasteiger partial charge < -0.3 is 0 Å². The number of nitrogens with one attached hydrogen (secondary N) is 1. The predicted octanol–water partition coefficient (Wildman–Crippen LogP) is -0.000520. The van der Waals surface area contributed by atoms with E-state index in [2.05, 4.69) is 11.5 Å². The van der Waals surface area contributed by atoms with Gasteiger partial charge in [-0.2, -0.15) is 5.26 Å². The van der Waals surface area contributed by atoms with E-state index in [1.807, 2.05) is 13.8 Å². The fraction of sp³-hybridized carbons (Fsp3) is 0.800. The summed E-state index contributed by atoms with van der Waals surface area (Å²) in [6, 6.07) is 2.10. The molecule has 0 bridgehead atoms. The lowest BCUT2D eigenvalue weighted by atomic mass is 9.97. The molecule has 0 heterocycles. The molecule has 0 spiro atoms. The molecule has 8 heavy (non-hydrogen) atoms. The van der Waals surface area contributed by atoms with Gasteiger partial charge in [-0.25, -0.2) is 0 Å². The van der Waals surface area contributed by atoms with Crippen molar-refractivity contribution in [3.63, 3.8) is 0 Å². The van der Waals surface area contributed by atoms with Crippen LogP contribution in [0.2, 0.25) is 0 Å². The Morgan fingerprint density at radius 1 is 1.75 bits per heavy atom. The van der Waals surface area contributed by atoms with E-state index < -0.39 is 0 Å². The van der Waals surface area contributed by atoms with Gasteiger partial charge in [0.05, 0.1) is 11.5 Å². The first kappa shape index (κ1) is 7.41. The Kier molecular flexibility index (Phi) is 2.46. The third-order valence-corrected chi connectivity index (χ3v) is 0.847. The maximum absolute atomic E-state index is 8.38. The number of hydrogen-bond donors (Lipinski definition) is 2. The SMILES string of the molecule is CC(C)(C#N)CNN. The highest BCUT2D eigenvalue weighted by Gasteiger charge is 2.13. The van der Waals surface area contributed by atoms with Gasteiger partial charge in [-0.05, 0) is 13.8 Å². The molecule has 3 nitrogen and oxygen atoms in total. The zero-order chi connectivity index (χ0) is 6.62. The third-order valence-electron chi connectivity index (χ3n) is 0.847. The smallest absolute Gasteiger partial charge is 0.0697 e. The minimum Gasteiger partial charge on any atom is -0.271 e. The quantitative estimate of drug-likeness (QED) is 0.391. The van der Waals surface area contributed by atoms with Crippen molar-refractivity contribution in [1.29, 1.82) is 5.26 Å². The minimum absolute atomic E-state index is 0.339. The summed E-state index contributed by atoms with van der Waals surface area (Å²) < 4.78 is 0. The van der Waals surface area contributed by atoms with Gasteiger partial charge in [-0.1, -0.05) is 0 Å². The number of nitrogens with zero attached hydrogens (tertiary/aromatic N) is 1. The molecule has 0 aliphatic carbocycles. The van der Waals surface area contributed by atoms with Crippen molar-refractivity contribution in [3.05, 3.63) is 0 Å². The van der Waals surface area contributed by atoms with Gasteiger partial charge in [-0.15, -0.1) is 0 Å². The first-order chi connectivity index (χ1) is 3.62. The number of hydrogen-bond acceptors (Lipinski definition) is 3. The Morgan fingerprint density at radius 3 is 2.38 bits per heavy atom. The van der Waals surface area contributed by atoms with E-state index in [4.69, 9.17) is 11.1 Å². The summed E-state index contributed by atoms with van der Waals surface area (Å²) in [6.45, 7) is 4.18. The Labute approximate surface area is 49.5 Å². The second kappa shape index (κ2) is 2.65. The maximum atomic E-state index is 8.38. The molecule has 0 saturated heterocycles. The predicted molar refractivity (Wildman–Crippen MR) is 31.6 cm³/mol. The van der Waals surface area contributed by atoms with E-state index >= 15 is 0 Å². The molecule has 0 aliphatic heterocycles. The molecule has 0 unspecified atom stereocenters. The lowest BCUT2D eigenvalue weighted by Crippen LogP contribution is -2.32. The van der Waals surface area contributed by atoms with Crippen LogP contribution in [0.5, 0.6) is 0 Å². The monoisotopic (exact) mass is 113 g/mol. The van der Waals surface area contributed by atoms with E-state index in [-0.39, 0.29) is 5.41 Å². The second-order valence-electron chi connectivity index (χ2n) is 2.38. The molecule has 0 radical (unpaired) electrons. The van der Waals surface area contributed by atoms with Crippen LogP contribution in [-0.4, -0.2) is 6.54 Å². The molecule has 3 heteroatoms. The lowest BCUT2D eigenvalue weighted by Gasteiger charge is -2.12.